The highest BCUT2D eigenvalue weighted by Gasteiger charge is 2.25. The first kappa shape index (κ1) is 14.4. The third-order valence-corrected chi connectivity index (χ3v) is 4.96. The number of thioether (sulfide) groups is 1. The van der Waals surface area contributed by atoms with Crippen LogP contribution in [0.2, 0.25) is 0 Å². The number of methoxy groups -OCH3 is 1. The third kappa shape index (κ3) is 3.10. The van der Waals surface area contributed by atoms with Crippen LogP contribution in [-0.2, 0) is 14.8 Å². The summed E-state index contributed by atoms with van der Waals surface area (Å²) in [7, 11) is -2.08. The molecule has 0 aliphatic carbocycles. The van der Waals surface area contributed by atoms with Gasteiger partial charge in [0.15, 0.2) is 5.17 Å². The standard InChI is InChI=1S/C12H16N2O3S2/c1-8(2)9-4-5-10-11(6-9)19(15,16)14-12(13-10)18-7-17-3/h4-6,8H,7H2,1-3H3,(H,13,14). The van der Waals surface area contributed by atoms with Crippen LogP contribution < -0.4 is 5.32 Å². The average Bonchev–Trinajstić information content (AvgIpc) is 2.35. The van der Waals surface area contributed by atoms with Crippen molar-refractivity contribution >= 4 is 32.6 Å². The Kier molecular flexibility index (Phi) is 4.17. The molecule has 104 valence electrons. The summed E-state index contributed by atoms with van der Waals surface area (Å²) >= 11 is 1.21. The van der Waals surface area contributed by atoms with Crippen molar-refractivity contribution in [3.05, 3.63) is 23.8 Å². The molecule has 2 rings (SSSR count). The lowest BCUT2D eigenvalue weighted by molar-refractivity contribution is 0.259. The smallest absolute Gasteiger partial charge is 0.286 e. The van der Waals surface area contributed by atoms with E-state index >= 15 is 0 Å². The first-order valence-electron chi connectivity index (χ1n) is 5.81. The number of fused-ring (bicyclic) bond motifs is 1. The van der Waals surface area contributed by atoms with Crippen molar-refractivity contribution in [3.63, 3.8) is 0 Å². The van der Waals surface area contributed by atoms with Gasteiger partial charge in [0.05, 0.1) is 11.6 Å². The Morgan fingerprint density at radius 3 is 2.79 bits per heavy atom. The van der Waals surface area contributed by atoms with Gasteiger partial charge in [-0.2, -0.15) is 8.42 Å². The number of rotatable bonds is 3. The summed E-state index contributed by atoms with van der Waals surface area (Å²) in [4.78, 5) is 0.237. The molecular weight excluding hydrogens is 284 g/mol. The molecule has 0 aromatic heterocycles. The van der Waals surface area contributed by atoms with E-state index in [1.54, 1.807) is 19.2 Å². The van der Waals surface area contributed by atoms with E-state index in [1.807, 2.05) is 19.9 Å². The van der Waals surface area contributed by atoms with Gasteiger partial charge in [-0.3, -0.25) is 0 Å². The number of nitrogens with zero attached hydrogens (tertiary/aromatic N) is 1. The van der Waals surface area contributed by atoms with Gasteiger partial charge in [0.2, 0.25) is 0 Å². The van der Waals surface area contributed by atoms with Crippen molar-refractivity contribution in [1.82, 2.24) is 0 Å². The van der Waals surface area contributed by atoms with Gasteiger partial charge in [-0.1, -0.05) is 31.7 Å². The lowest BCUT2D eigenvalue weighted by atomic mass is 10.0. The molecule has 0 radical (unpaired) electrons. The first-order chi connectivity index (χ1) is 8.94. The lowest BCUT2D eigenvalue weighted by Crippen LogP contribution is -2.19. The number of hydrogen-bond acceptors (Lipinski definition) is 5. The molecule has 7 heteroatoms. The fraction of sp³-hybridized carbons (Fsp3) is 0.417. The Labute approximate surface area is 117 Å². The zero-order valence-electron chi connectivity index (χ0n) is 11.0. The van der Waals surface area contributed by atoms with Crippen molar-refractivity contribution in [1.29, 1.82) is 0 Å². The fourth-order valence-electron chi connectivity index (χ4n) is 1.69. The summed E-state index contributed by atoms with van der Waals surface area (Å²) in [5, 5.41) is 3.35. The Hall–Kier alpha value is -1.05. The quantitative estimate of drug-likeness (QED) is 0.869. The number of sulfonamides is 1. The number of benzene rings is 1. The van der Waals surface area contributed by atoms with Crippen LogP contribution in [0.15, 0.2) is 27.5 Å². The summed E-state index contributed by atoms with van der Waals surface area (Å²) < 4.78 is 32.9. The zero-order valence-corrected chi connectivity index (χ0v) is 12.6. The molecule has 1 aliphatic rings. The van der Waals surface area contributed by atoms with E-state index in [-0.39, 0.29) is 10.8 Å². The van der Waals surface area contributed by atoms with E-state index in [0.717, 1.165) is 5.56 Å². The van der Waals surface area contributed by atoms with Crippen LogP contribution >= 0.6 is 11.8 Å². The molecule has 0 unspecified atom stereocenters. The van der Waals surface area contributed by atoms with Gasteiger partial charge in [-0.05, 0) is 23.6 Å². The van der Waals surface area contributed by atoms with Crippen molar-refractivity contribution in [2.75, 3.05) is 18.4 Å². The molecule has 0 amide bonds. The summed E-state index contributed by atoms with van der Waals surface area (Å²) in [6.45, 7) is 4.04. The topological polar surface area (TPSA) is 67.8 Å². The highest BCUT2D eigenvalue weighted by Crippen LogP contribution is 2.32. The highest BCUT2D eigenvalue weighted by atomic mass is 32.2. The maximum absolute atomic E-state index is 12.1. The molecular formula is C12H16N2O3S2. The number of amidine groups is 1. The van der Waals surface area contributed by atoms with Gasteiger partial charge in [-0.25, -0.2) is 0 Å². The summed E-state index contributed by atoms with van der Waals surface area (Å²) in [6, 6.07) is 5.39. The minimum Gasteiger partial charge on any atom is -0.374 e. The van der Waals surface area contributed by atoms with Crippen LogP contribution in [0.1, 0.15) is 25.3 Å². The Morgan fingerprint density at radius 2 is 2.16 bits per heavy atom. The van der Waals surface area contributed by atoms with Crippen LogP contribution in [-0.4, -0.2) is 26.6 Å². The molecule has 1 heterocycles. The van der Waals surface area contributed by atoms with Crippen LogP contribution in [0.4, 0.5) is 5.69 Å². The summed E-state index contributed by atoms with van der Waals surface area (Å²) in [5.74, 6) is 0.620. The molecule has 1 aromatic rings. The molecule has 5 nitrogen and oxygen atoms in total. The number of anilines is 1. The maximum Gasteiger partial charge on any atom is 0.286 e. The SMILES string of the molecule is COCSC1=NS(=O)(=O)c2cc(C(C)C)ccc2N1. The van der Waals surface area contributed by atoms with E-state index in [4.69, 9.17) is 4.74 Å². The van der Waals surface area contributed by atoms with Crippen LogP contribution in [0.25, 0.3) is 0 Å². The largest absolute Gasteiger partial charge is 0.374 e. The molecule has 0 fully saturated rings. The molecule has 1 N–H and O–H groups in total. The molecule has 0 atom stereocenters. The van der Waals surface area contributed by atoms with E-state index in [9.17, 15) is 8.42 Å². The van der Waals surface area contributed by atoms with Crippen molar-refractivity contribution in [3.8, 4) is 0 Å². The zero-order chi connectivity index (χ0) is 14.0. The fourth-order valence-corrected chi connectivity index (χ4v) is 3.65. The van der Waals surface area contributed by atoms with E-state index < -0.39 is 10.0 Å². The van der Waals surface area contributed by atoms with E-state index in [0.29, 0.717) is 16.8 Å². The highest BCUT2D eigenvalue weighted by molar-refractivity contribution is 8.14. The predicted octanol–water partition coefficient (Wildman–Crippen LogP) is 2.62. The van der Waals surface area contributed by atoms with Gasteiger partial charge >= 0.3 is 0 Å². The van der Waals surface area contributed by atoms with Gasteiger partial charge in [0.25, 0.3) is 10.0 Å². The Morgan fingerprint density at radius 1 is 1.42 bits per heavy atom. The Balaban J connectivity index is 2.40. The molecule has 0 saturated heterocycles. The first-order valence-corrected chi connectivity index (χ1v) is 8.24. The third-order valence-electron chi connectivity index (χ3n) is 2.71. The van der Waals surface area contributed by atoms with Crippen molar-refractivity contribution < 1.29 is 13.2 Å². The Bertz CT molecular complexity index is 609. The molecule has 1 aliphatic heterocycles. The summed E-state index contributed by atoms with van der Waals surface area (Å²) in [5.41, 5.74) is 1.55. The molecule has 0 spiro atoms. The molecule has 0 saturated carbocycles. The molecule has 1 aromatic carbocycles. The van der Waals surface area contributed by atoms with E-state index in [2.05, 4.69) is 9.71 Å². The summed E-state index contributed by atoms with van der Waals surface area (Å²) in [6.07, 6.45) is 0. The minimum absolute atomic E-state index is 0.237. The van der Waals surface area contributed by atoms with Crippen LogP contribution in [0.5, 0.6) is 0 Å². The number of ether oxygens (including phenoxy) is 1. The average molecular weight is 300 g/mol. The van der Waals surface area contributed by atoms with Crippen molar-refractivity contribution in [2.24, 2.45) is 4.40 Å². The predicted molar refractivity (Wildman–Crippen MR) is 78.2 cm³/mol. The van der Waals surface area contributed by atoms with Gasteiger partial charge in [-0.15, -0.1) is 4.40 Å². The van der Waals surface area contributed by atoms with E-state index in [1.165, 1.54) is 11.8 Å². The lowest BCUT2D eigenvalue weighted by Gasteiger charge is -2.19. The molecule has 19 heavy (non-hydrogen) atoms. The second-order valence-electron chi connectivity index (χ2n) is 4.46. The van der Waals surface area contributed by atoms with Gasteiger partial charge in [0, 0.05) is 7.11 Å². The van der Waals surface area contributed by atoms with Gasteiger partial charge in [0.1, 0.15) is 4.90 Å². The second-order valence-corrected chi connectivity index (χ2v) is 6.94. The monoisotopic (exact) mass is 300 g/mol. The number of hydrogen-bond donors (Lipinski definition) is 1. The normalized spacial score (nSPS) is 16.7. The minimum atomic E-state index is -3.63. The second kappa shape index (κ2) is 5.52. The van der Waals surface area contributed by atoms with Crippen LogP contribution in [0.3, 0.4) is 0 Å². The molecule has 0 bridgehead atoms. The number of nitrogens with one attached hydrogen (secondary N) is 1. The van der Waals surface area contributed by atoms with Gasteiger partial charge < -0.3 is 10.1 Å². The maximum atomic E-state index is 12.1. The van der Waals surface area contributed by atoms with Crippen LogP contribution in [0, 0.1) is 0 Å². The van der Waals surface area contributed by atoms with Crippen molar-refractivity contribution in [2.45, 2.75) is 24.7 Å².